The second-order valence-corrected chi connectivity index (χ2v) is 23.1. The van der Waals surface area contributed by atoms with E-state index in [1.165, 1.54) is 20.2 Å². The van der Waals surface area contributed by atoms with Crippen LogP contribution in [-0.4, -0.2) is 121 Å². The summed E-state index contributed by atoms with van der Waals surface area (Å²) in [5.41, 5.74) is 1.94. The summed E-state index contributed by atoms with van der Waals surface area (Å²) in [6, 6.07) is 7.91. The van der Waals surface area contributed by atoms with Crippen LogP contribution in [0.1, 0.15) is 0 Å². The van der Waals surface area contributed by atoms with Crippen molar-refractivity contribution in [2.24, 2.45) is 30.7 Å². The predicted octanol–water partition coefficient (Wildman–Crippen LogP) is 3.49. The Labute approximate surface area is 380 Å². The first kappa shape index (κ1) is 54.1. The van der Waals surface area contributed by atoms with E-state index < -0.39 is 160 Å². The van der Waals surface area contributed by atoms with E-state index in [9.17, 15) is 72.6 Å². The van der Waals surface area contributed by atoms with Crippen LogP contribution in [0, 0.1) is 0 Å². The maximum absolute atomic E-state index is 12.8. The molecule has 0 saturated carbocycles. The normalized spacial score (nSPS) is 13.5. The molecule has 4 aromatic rings. The van der Waals surface area contributed by atoms with E-state index in [0.717, 1.165) is 42.5 Å². The number of hydrogen-bond donors (Lipinski definition) is 7. The summed E-state index contributed by atoms with van der Waals surface area (Å²) in [4.78, 5) is -4.81. The standard InChI is InChI=1S/C30H32N8O22S7/c1-32-29-24(37-34-22-8-5-19(15-27(22)65(49,50)51)62(41,42)12-10-60-67(55,56)57)16-23(28(31)30(29)38-35-20-6-3-17(58-2)13-25(20)63(43,44)45)36-33-21-7-4-18(14-26(21)64(46,47)48)61(39,40)11-9-59-66(52,53)54/h3-8,13-16,32H,9-12,31H2,1-2H3,(H,43,44,45)(H,46,47,48)(H,49,50,51)(H,52,53,54)(H,55,56,57)/b36-33+,37-34+,38-35+. The number of hydrogen-bond acceptors (Lipinski definition) is 25. The summed E-state index contributed by atoms with van der Waals surface area (Å²) in [7, 11) is -32.6. The molecule has 0 fully saturated rings. The molecule has 0 bridgehead atoms. The van der Waals surface area contributed by atoms with Gasteiger partial charge in [-0.05, 0) is 54.6 Å². The molecule has 4 rings (SSSR count). The molecule has 0 aliphatic heterocycles. The summed E-state index contributed by atoms with van der Waals surface area (Å²) in [5, 5.41) is 25.7. The van der Waals surface area contributed by atoms with E-state index in [-0.39, 0.29) is 11.4 Å². The first-order valence-corrected chi connectivity index (χ1v) is 27.5. The van der Waals surface area contributed by atoms with Gasteiger partial charge in [0.15, 0.2) is 19.7 Å². The Balaban J connectivity index is 1.96. The van der Waals surface area contributed by atoms with Gasteiger partial charge in [0.25, 0.3) is 30.4 Å². The van der Waals surface area contributed by atoms with Gasteiger partial charge in [-0.2, -0.15) is 42.1 Å². The van der Waals surface area contributed by atoms with Gasteiger partial charge in [-0.3, -0.25) is 22.8 Å². The topological polar surface area (TPSA) is 480 Å². The fourth-order valence-corrected chi connectivity index (χ4v) is 10.2. The molecule has 0 heterocycles. The van der Waals surface area contributed by atoms with Crippen LogP contribution in [0.4, 0.5) is 45.5 Å². The summed E-state index contributed by atoms with van der Waals surface area (Å²) >= 11 is 0. The van der Waals surface area contributed by atoms with Crippen molar-refractivity contribution < 1.29 is 94.8 Å². The number of azo groups is 3. The molecule has 37 heteroatoms. The highest BCUT2D eigenvalue weighted by atomic mass is 32.3. The SMILES string of the molecule is CNc1c(/N=N/c2ccc(S(=O)(=O)CCOS(=O)(=O)O)cc2S(=O)(=O)O)cc(/N=N/c2ccc(S(=O)(=O)CCOS(=O)(=O)O)cc2S(=O)(=O)O)c(N)c1/N=N/c1ccc(OC)cc1S(=O)(=O)O. The van der Waals surface area contributed by atoms with E-state index >= 15 is 0 Å². The van der Waals surface area contributed by atoms with Crippen LogP contribution in [0.2, 0.25) is 0 Å². The third kappa shape index (κ3) is 14.7. The van der Waals surface area contributed by atoms with Crippen LogP contribution in [0.25, 0.3) is 0 Å². The van der Waals surface area contributed by atoms with E-state index in [4.69, 9.17) is 19.6 Å². The number of ether oxygens (including phenoxy) is 1. The van der Waals surface area contributed by atoms with E-state index in [2.05, 4.69) is 44.4 Å². The summed E-state index contributed by atoms with van der Waals surface area (Å²) < 4.78 is 229. The largest absolute Gasteiger partial charge is 0.497 e. The zero-order valence-electron chi connectivity index (χ0n) is 33.4. The molecule has 0 spiro atoms. The van der Waals surface area contributed by atoms with Crippen LogP contribution in [0.15, 0.2) is 116 Å². The maximum Gasteiger partial charge on any atom is 0.397 e. The third-order valence-corrected chi connectivity index (χ3v) is 15.0. The van der Waals surface area contributed by atoms with Gasteiger partial charge in [-0.25, -0.2) is 25.2 Å². The second-order valence-electron chi connectivity index (χ2n) is 12.6. The highest BCUT2D eigenvalue weighted by molar-refractivity contribution is 7.92. The molecule has 0 amide bonds. The first-order valence-electron chi connectivity index (χ1n) is 17.1. The number of nitrogens with two attached hydrogens (primary N) is 1. The van der Waals surface area contributed by atoms with Crippen LogP contribution < -0.4 is 15.8 Å². The summed E-state index contributed by atoms with van der Waals surface area (Å²) in [5.74, 6) is -2.28. The van der Waals surface area contributed by atoms with Crippen molar-refractivity contribution in [3.05, 3.63) is 60.7 Å². The lowest BCUT2D eigenvalue weighted by atomic mass is 10.1. The van der Waals surface area contributed by atoms with Gasteiger partial charge in [0.05, 0.1) is 53.0 Å². The molecule has 0 radical (unpaired) electrons. The maximum atomic E-state index is 12.8. The van der Waals surface area contributed by atoms with Crippen molar-refractivity contribution in [3.8, 4) is 5.75 Å². The molecule has 30 nitrogen and oxygen atoms in total. The van der Waals surface area contributed by atoms with Crippen LogP contribution in [-0.2, 0) is 79.2 Å². The highest BCUT2D eigenvalue weighted by Crippen LogP contribution is 2.48. The van der Waals surface area contributed by atoms with Crippen molar-refractivity contribution in [2.75, 3.05) is 49.9 Å². The van der Waals surface area contributed by atoms with Gasteiger partial charge in [-0.1, -0.05) is 0 Å². The molecule has 366 valence electrons. The molecule has 8 N–H and O–H groups in total. The summed E-state index contributed by atoms with van der Waals surface area (Å²) in [6.07, 6.45) is 0. The summed E-state index contributed by atoms with van der Waals surface area (Å²) in [6.45, 7) is -2.21. The predicted molar refractivity (Wildman–Crippen MR) is 227 cm³/mol. The van der Waals surface area contributed by atoms with Gasteiger partial charge in [0.2, 0.25) is 0 Å². The smallest absolute Gasteiger partial charge is 0.397 e. The average molecular weight is 1080 g/mol. The highest BCUT2D eigenvalue weighted by Gasteiger charge is 2.26. The van der Waals surface area contributed by atoms with Crippen molar-refractivity contribution in [2.45, 2.75) is 24.5 Å². The van der Waals surface area contributed by atoms with Gasteiger partial charge in [-0.15, -0.1) is 30.7 Å². The Kier molecular flexibility index (Phi) is 16.4. The minimum Gasteiger partial charge on any atom is -0.497 e. The molecule has 0 atom stereocenters. The monoisotopic (exact) mass is 1080 g/mol. The average Bonchev–Trinajstić information content (AvgIpc) is 3.19. The first-order chi connectivity index (χ1) is 30.7. The number of nitrogens with one attached hydrogen (secondary N) is 1. The number of nitrogens with zero attached hydrogens (tertiary/aromatic N) is 6. The van der Waals surface area contributed by atoms with Crippen LogP contribution in [0.5, 0.6) is 5.75 Å². The molecule has 0 unspecified atom stereocenters. The molecule has 0 aliphatic rings. The number of sulfone groups is 2. The lowest BCUT2D eigenvalue weighted by Gasteiger charge is -2.13. The number of nitrogen functional groups attached to an aromatic ring is 1. The lowest BCUT2D eigenvalue weighted by molar-refractivity contribution is 0.282. The van der Waals surface area contributed by atoms with Gasteiger partial charge in [0.1, 0.15) is 54.6 Å². The lowest BCUT2D eigenvalue weighted by Crippen LogP contribution is -2.16. The van der Waals surface area contributed by atoms with Crippen molar-refractivity contribution in [1.82, 2.24) is 0 Å². The van der Waals surface area contributed by atoms with Gasteiger partial charge >= 0.3 is 20.8 Å². The van der Waals surface area contributed by atoms with Crippen molar-refractivity contribution in [3.63, 3.8) is 0 Å². The Morgan fingerprint density at radius 1 is 0.507 bits per heavy atom. The third-order valence-electron chi connectivity index (χ3n) is 8.09. The zero-order chi connectivity index (χ0) is 50.6. The Morgan fingerprint density at radius 3 is 1.27 bits per heavy atom. The molecule has 0 aliphatic carbocycles. The minimum atomic E-state index is -5.36. The number of benzene rings is 4. The van der Waals surface area contributed by atoms with Crippen molar-refractivity contribution in [1.29, 1.82) is 0 Å². The molecular weight excluding hydrogens is 1050 g/mol. The molecule has 4 aromatic carbocycles. The molecular formula is C30H32N8O22S7. The second kappa shape index (κ2) is 20.4. The Morgan fingerprint density at radius 2 is 0.881 bits per heavy atom. The van der Waals surface area contributed by atoms with Crippen molar-refractivity contribution >= 4 is 116 Å². The van der Waals surface area contributed by atoms with E-state index in [0.29, 0.717) is 12.1 Å². The zero-order valence-corrected chi connectivity index (χ0v) is 39.1. The quantitative estimate of drug-likeness (QED) is 0.0356. The fraction of sp³-hybridized carbons (Fsp3) is 0.200. The van der Waals surface area contributed by atoms with Crippen LogP contribution >= 0.6 is 0 Å². The minimum absolute atomic E-state index is 0.0470. The molecule has 0 saturated heterocycles. The van der Waals surface area contributed by atoms with Gasteiger partial charge < -0.3 is 15.8 Å². The number of anilines is 2. The van der Waals surface area contributed by atoms with Crippen LogP contribution in [0.3, 0.4) is 0 Å². The van der Waals surface area contributed by atoms with E-state index in [1.54, 1.807) is 0 Å². The van der Waals surface area contributed by atoms with E-state index in [1.807, 2.05) is 0 Å². The van der Waals surface area contributed by atoms with Gasteiger partial charge in [0, 0.05) is 13.1 Å². The number of methoxy groups -OCH3 is 1. The molecule has 0 aromatic heterocycles. The fourth-order valence-electron chi connectivity index (χ4n) is 5.09. The molecule has 67 heavy (non-hydrogen) atoms. The number of rotatable bonds is 21. The Bertz CT molecular complexity index is 3510. The Hall–Kier alpha value is -5.55.